The Morgan fingerprint density at radius 1 is 1.13 bits per heavy atom. The number of rotatable bonds is 3. The van der Waals surface area contributed by atoms with Crippen LogP contribution in [0.2, 0.25) is 0 Å². The molecule has 164 valence electrons. The first-order chi connectivity index (χ1) is 14.8. The van der Waals surface area contributed by atoms with Gasteiger partial charge < -0.3 is 9.67 Å². The summed E-state index contributed by atoms with van der Waals surface area (Å²) in [6.07, 6.45) is -1.90. The predicted molar refractivity (Wildman–Crippen MR) is 112 cm³/mol. The van der Waals surface area contributed by atoms with Gasteiger partial charge in [0, 0.05) is 32.6 Å². The van der Waals surface area contributed by atoms with Crippen LogP contribution < -0.4 is 0 Å². The van der Waals surface area contributed by atoms with Crippen LogP contribution in [0.1, 0.15) is 11.4 Å². The quantitative estimate of drug-likeness (QED) is 0.638. The van der Waals surface area contributed by atoms with E-state index in [2.05, 4.69) is 62.8 Å². The number of aromatic nitrogens is 2. The second-order valence-corrected chi connectivity index (χ2v) is 8.67. The summed E-state index contributed by atoms with van der Waals surface area (Å²) in [4.78, 5) is 16.3. The van der Waals surface area contributed by atoms with E-state index in [0.29, 0.717) is 0 Å². The molecule has 31 heavy (non-hydrogen) atoms. The maximum absolute atomic E-state index is 10.6. The SMILES string of the molecule is O=C(O)C(F)(F)F.c1ccc(-c2cnc3n2CC2CN(Cc4ccsc4)CC2C3)cc1. The van der Waals surface area contributed by atoms with Gasteiger partial charge in [0.25, 0.3) is 0 Å². The van der Waals surface area contributed by atoms with Crippen LogP contribution in [-0.2, 0) is 24.3 Å². The number of benzene rings is 1. The first-order valence-electron chi connectivity index (χ1n) is 9.94. The minimum atomic E-state index is -5.08. The summed E-state index contributed by atoms with van der Waals surface area (Å²) >= 11 is 1.80. The first-order valence-corrected chi connectivity index (χ1v) is 10.9. The Kier molecular flexibility index (Phi) is 6.15. The molecule has 1 aromatic carbocycles. The van der Waals surface area contributed by atoms with E-state index in [-0.39, 0.29) is 0 Å². The van der Waals surface area contributed by atoms with Crippen molar-refractivity contribution in [2.24, 2.45) is 11.8 Å². The molecule has 0 amide bonds. The highest BCUT2D eigenvalue weighted by Gasteiger charge is 2.38. The van der Waals surface area contributed by atoms with Gasteiger partial charge in [0.15, 0.2) is 0 Å². The highest BCUT2D eigenvalue weighted by atomic mass is 32.1. The molecule has 0 bridgehead atoms. The summed E-state index contributed by atoms with van der Waals surface area (Å²) < 4.78 is 34.2. The molecule has 9 heteroatoms. The van der Waals surface area contributed by atoms with E-state index in [4.69, 9.17) is 14.9 Å². The molecular weight excluding hydrogens is 427 g/mol. The van der Waals surface area contributed by atoms with Gasteiger partial charge in [-0.1, -0.05) is 30.3 Å². The number of imidazole rings is 1. The normalized spacial score (nSPS) is 20.5. The van der Waals surface area contributed by atoms with Crippen molar-refractivity contribution in [3.05, 3.63) is 64.7 Å². The molecule has 5 rings (SSSR count). The van der Waals surface area contributed by atoms with Crippen LogP contribution in [-0.4, -0.2) is 44.8 Å². The Bertz CT molecular complexity index is 1020. The predicted octanol–water partition coefficient (Wildman–Crippen LogP) is 4.55. The fourth-order valence-electron chi connectivity index (χ4n) is 4.33. The summed E-state index contributed by atoms with van der Waals surface area (Å²) in [6, 6.07) is 12.9. The minimum absolute atomic E-state index is 0.757. The molecular formula is C22H22F3N3O2S. The molecule has 2 aliphatic heterocycles. The van der Waals surface area contributed by atoms with Crippen molar-refractivity contribution in [3.8, 4) is 11.3 Å². The molecule has 2 atom stereocenters. The largest absolute Gasteiger partial charge is 0.490 e. The number of likely N-dealkylation sites (tertiary alicyclic amines) is 1. The Balaban J connectivity index is 0.000000289. The third-order valence-corrected chi connectivity index (χ3v) is 6.48. The number of alkyl halides is 3. The molecule has 0 radical (unpaired) electrons. The van der Waals surface area contributed by atoms with E-state index in [9.17, 15) is 13.2 Å². The Morgan fingerprint density at radius 3 is 2.48 bits per heavy atom. The lowest BCUT2D eigenvalue weighted by Gasteiger charge is -2.27. The standard InChI is InChI=1S/C20H21N3S.C2HF3O2/c1-2-4-16(5-3-1)19-9-21-20-8-17-11-22(10-15-6-7-24-14-15)12-18(17)13-23(19)20;3-2(4,5)1(6)7/h1-7,9,14,17-18H,8,10-13H2;(H,6,7). The summed E-state index contributed by atoms with van der Waals surface area (Å²) in [5.41, 5.74) is 4.02. The average molecular weight is 449 g/mol. The van der Waals surface area contributed by atoms with Gasteiger partial charge in [0.05, 0.1) is 11.9 Å². The third-order valence-electron chi connectivity index (χ3n) is 5.75. The van der Waals surface area contributed by atoms with Gasteiger partial charge in [-0.15, -0.1) is 0 Å². The van der Waals surface area contributed by atoms with Gasteiger partial charge in [-0.05, 0) is 39.8 Å². The molecule has 0 aliphatic carbocycles. The number of carboxylic acid groups (broad SMARTS) is 1. The number of carbonyl (C=O) groups is 1. The van der Waals surface area contributed by atoms with Crippen molar-refractivity contribution in [2.45, 2.75) is 25.7 Å². The molecule has 2 aromatic heterocycles. The zero-order chi connectivity index (χ0) is 22.0. The molecule has 5 nitrogen and oxygen atoms in total. The number of hydrogen-bond acceptors (Lipinski definition) is 4. The second kappa shape index (κ2) is 8.84. The second-order valence-electron chi connectivity index (χ2n) is 7.89. The summed E-state index contributed by atoms with van der Waals surface area (Å²) in [6.45, 7) is 4.65. The monoisotopic (exact) mass is 449 g/mol. The van der Waals surface area contributed by atoms with Crippen LogP contribution in [0.5, 0.6) is 0 Å². The maximum Gasteiger partial charge on any atom is 0.490 e. The van der Waals surface area contributed by atoms with Crippen LogP contribution in [0, 0.1) is 11.8 Å². The Labute approximate surface area is 181 Å². The van der Waals surface area contributed by atoms with Crippen molar-refractivity contribution in [1.29, 1.82) is 0 Å². The van der Waals surface area contributed by atoms with Crippen molar-refractivity contribution < 1.29 is 23.1 Å². The van der Waals surface area contributed by atoms with Crippen molar-refractivity contribution in [1.82, 2.24) is 14.5 Å². The van der Waals surface area contributed by atoms with E-state index in [1.165, 1.54) is 35.7 Å². The van der Waals surface area contributed by atoms with E-state index >= 15 is 0 Å². The number of fused-ring (bicyclic) bond motifs is 2. The number of thiophene rings is 1. The average Bonchev–Trinajstić information content (AvgIpc) is 3.46. The molecule has 0 spiro atoms. The zero-order valence-electron chi connectivity index (χ0n) is 16.6. The smallest absolute Gasteiger partial charge is 0.475 e. The number of nitrogens with zero attached hydrogens (tertiary/aromatic N) is 3. The molecule has 1 fully saturated rings. The topological polar surface area (TPSA) is 58.4 Å². The van der Waals surface area contributed by atoms with Crippen LogP contribution in [0.4, 0.5) is 13.2 Å². The molecule has 2 unspecified atom stereocenters. The highest BCUT2D eigenvalue weighted by molar-refractivity contribution is 7.07. The van der Waals surface area contributed by atoms with Crippen LogP contribution in [0.15, 0.2) is 53.4 Å². The van der Waals surface area contributed by atoms with Crippen LogP contribution in [0.3, 0.4) is 0 Å². The van der Waals surface area contributed by atoms with E-state index in [1.807, 2.05) is 0 Å². The Morgan fingerprint density at radius 2 is 1.84 bits per heavy atom. The fraction of sp³-hybridized carbons (Fsp3) is 0.364. The third kappa shape index (κ3) is 4.99. The van der Waals surface area contributed by atoms with E-state index in [1.54, 1.807) is 11.3 Å². The van der Waals surface area contributed by atoms with Gasteiger partial charge in [0.1, 0.15) is 5.82 Å². The van der Waals surface area contributed by atoms with Crippen molar-refractivity contribution in [2.75, 3.05) is 13.1 Å². The van der Waals surface area contributed by atoms with E-state index < -0.39 is 12.1 Å². The summed E-state index contributed by atoms with van der Waals surface area (Å²) in [5.74, 6) is 0.0370. The molecule has 4 heterocycles. The first kappa shape index (κ1) is 21.6. The van der Waals surface area contributed by atoms with Gasteiger partial charge in [-0.3, -0.25) is 4.90 Å². The number of carboxylic acids is 1. The van der Waals surface area contributed by atoms with Crippen LogP contribution >= 0.6 is 11.3 Å². The van der Waals surface area contributed by atoms with Gasteiger partial charge in [-0.25, -0.2) is 9.78 Å². The molecule has 0 saturated carbocycles. The molecule has 3 aromatic rings. The van der Waals surface area contributed by atoms with E-state index in [0.717, 1.165) is 31.3 Å². The lowest BCUT2D eigenvalue weighted by Crippen LogP contribution is -2.28. The minimum Gasteiger partial charge on any atom is -0.475 e. The lowest BCUT2D eigenvalue weighted by atomic mass is 9.89. The molecule has 1 N–H and O–H groups in total. The van der Waals surface area contributed by atoms with Crippen molar-refractivity contribution in [3.63, 3.8) is 0 Å². The summed E-state index contributed by atoms with van der Waals surface area (Å²) in [5, 5.41) is 11.6. The lowest BCUT2D eigenvalue weighted by molar-refractivity contribution is -0.192. The maximum atomic E-state index is 10.6. The van der Waals surface area contributed by atoms with Gasteiger partial charge in [-0.2, -0.15) is 24.5 Å². The Hall–Kier alpha value is -2.65. The zero-order valence-corrected chi connectivity index (χ0v) is 17.4. The number of hydrogen-bond donors (Lipinski definition) is 1. The molecule has 1 saturated heterocycles. The number of halogens is 3. The molecule has 2 aliphatic rings. The van der Waals surface area contributed by atoms with Crippen LogP contribution in [0.25, 0.3) is 11.3 Å². The van der Waals surface area contributed by atoms with Crippen molar-refractivity contribution >= 4 is 17.3 Å². The van der Waals surface area contributed by atoms with Gasteiger partial charge in [0.2, 0.25) is 0 Å². The summed E-state index contributed by atoms with van der Waals surface area (Å²) in [7, 11) is 0. The highest BCUT2D eigenvalue weighted by Crippen LogP contribution is 2.35. The fourth-order valence-corrected chi connectivity index (χ4v) is 4.99. The number of aliphatic carboxylic acids is 1. The van der Waals surface area contributed by atoms with Gasteiger partial charge >= 0.3 is 12.1 Å².